The SMILES string of the molecule is C[C@H](Sc1ccc(Cl)cc1)C(N)=O. The highest BCUT2D eigenvalue weighted by Crippen LogP contribution is 2.24. The first-order valence-corrected chi connectivity index (χ1v) is 5.07. The number of primary amides is 1. The van der Waals surface area contributed by atoms with Gasteiger partial charge in [-0.2, -0.15) is 0 Å². The normalized spacial score (nSPS) is 12.5. The van der Waals surface area contributed by atoms with Gasteiger partial charge in [0.1, 0.15) is 0 Å². The summed E-state index contributed by atoms with van der Waals surface area (Å²) in [4.78, 5) is 11.7. The van der Waals surface area contributed by atoms with Crippen LogP contribution in [-0.2, 0) is 4.79 Å². The molecule has 0 bridgehead atoms. The van der Waals surface area contributed by atoms with Crippen molar-refractivity contribution in [2.24, 2.45) is 5.73 Å². The van der Waals surface area contributed by atoms with Crippen molar-refractivity contribution in [2.45, 2.75) is 17.1 Å². The van der Waals surface area contributed by atoms with Crippen molar-refractivity contribution in [2.75, 3.05) is 0 Å². The zero-order chi connectivity index (χ0) is 9.84. The number of carbonyl (C=O) groups is 1. The van der Waals surface area contributed by atoms with E-state index in [9.17, 15) is 4.79 Å². The maximum absolute atomic E-state index is 10.7. The molecule has 2 nitrogen and oxygen atoms in total. The summed E-state index contributed by atoms with van der Waals surface area (Å²) >= 11 is 7.14. The molecule has 0 saturated heterocycles. The van der Waals surface area contributed by atoms with Gasteiger partial charge in [0.25, 0.3) is 0 Å². The largest absolute Gasteiger partial charge is 0.369 e. The molecule has 0 saturated carbocycles. The number of halogens is 1. The second-order valence-corrected chi connectivity index (χ2v) is 4.47. The highest BCUT2D eigenvalue weighted by atomic mass is 35.5. The Bertz CT molecular complexity index is 299. The molecule has 0 unspecified atom stereocenters. The summed E-state index contributed by atoms with van der Waals surface area (Å²) in [5.41, 5.74) is 5.13. The lowest BCUT2D eigenvalue weighted by atomic mass is 10.4. The van der Waals surface area contributed by atoms with Crippen molar-refractivity contribution in [3.05, 3.63) is 29.3 Å². The Labute approximate surface area is 86.5 Å². The second-order valence-electron chi connectivity index (χ2n) is 2.62. The fraction of sp³-hybridized carbons (Fsp3) is 0.222. The molecule has 0 aliphatic heterocycles. The third-order valence-electron chi connectivity index (χ3n) is 1.53. The molecule has 0 fully saturated rings. The lowest BCUT2D eigenvalue weighted by molar-refractivity contribution is -0.117. The zero-order valence-corrected chi connectivity index (χ0v) is 8.73. The van der Waals surface area contributed by atoms with Crippen LogP contribution in [0.25, 0.3) is 0 Å². The van der Waals surface area contributed by atoms with Gasteiger partial charge in [0, 0.05) is 9.92 Å². The first-order chi connectivity index (χ1) is 6.09. The highest BCUT2D eigenvalue weighted by molar-refractivity contribution is 8.00. The van der Waals surface area contributed by atoms with Crippen LogP contribution < -0.4 is 5.73 Å². The molecule has 0 aliphatic carbocycles. The Morgan fingerprint density at radius 1 is 1.46 bits per heavy atom. The molecular formula is C9H10ClNOS. The topological polar surface area (TPSA) is 43.1 Å². The number of carbonyl (C=O) groups excluding carboxylic acids is 1. The van der Waals surface area contributed by atoms with Gasteiger partial charge in [-0.05, 0) is 31.2 Å². The molecule has 2 N–H and O–H groups in total. The Hall–Kier alpha value is -0.670. The van der Waals surface area contributed by atoms with Gasteiger partial charge in [-0.15, -0.1) is 11.8 Å². The van der Waals surface area contributed by atoms with Gasteiger partial charge >= 0.3 is 0 Å². The van der Waals surface area contributed by atoms with Crippen LogP contribution in [0.3, 0.4) is 0 Å². The van der Waals surface area contributed by atoms with Gasteiger partial charge in [-0.1, -0.05) is 11.6 Å². The molecule has 70 valence electrons. The Kier molecular flexibility index (Phi) is 3.63. The average Bonchev–Trinajstić information content (AvgIpc) is 2.08. The molecule has 0 heterocycles. The van der Waals surface area contributed by atoms with E-state index in [1.54, 1.807) is 19.1 Å². The maximum Gasteiger partial charge on any atom is 0.230 e. The van der Waals surface area contributed by atoms with Gasteiger partial charge in [-0.25, -0.2) is 0 Å². The van der Waals surface area contributed by atoms with Gasteiger partial charge < -0.3 is 5.73 Å². The predicted molar refractivity (Wildman–Crippen MR) is 56.0 cm³/mol. The van der Waals surface area contributed by atoms with Crippen LogP contribution in [0, 0.1) is 0 Å². The fourth-order valence-electron chi connectivity index (χ4n) is 0.775. The molecular weight excluding hydrogens is 206 g/mol. The third-order valence-corrected chi connectivity index (χ3v) is 2.91. The minimum Gasteiger partial charge on any atom is -0.369 e. The van der Waals surface area contributed by atoms with Crippen molar-refractivity contribution in [1.29, 1.82) is 0 Å². The zero-order valence-electron chi connectivity index (χ0n) is 7.16. The molecule has 13 heavy (non-hydrogen) atoms. The van der Waals surface area contributed by atoms with Crippen LogP contribution in [0.1, 0.15) is 6.92 Å². The molecule has 0 aromatic heterocycles. The van der Waals surface area contributed by atoms with E-state index in [0.29, 0.717) is 5.02 Å². The van der Waals surface area contributed by atoms with Crippen molar-refractivity contribution in [3.63, 3.8) is 0 Å². The van der Waals surface area contributed by atoms with Crippen molar-refractivity contribution in [3.8, 4) is 0 Å². The molecule has 0 spiro atoms. The lowest BCUT2D eigenvalue weighted by Crippen LogP contribution is -2.22. The quantitative estimate of drug-likeness (QED) is 0.787. The summed E-state index contributed by atoms with van der Waals surface area (Å²) in [5.74, 6) is -0.306. The van der Waals surface area contributed by atoms with E-state index in [1.807, 2.05) is 12.1 Å². The summed E-state index contributed by atoms with van der Waals surface area (Å²) in [6.07, 6.45) is 0. The van der Waals surface area contributed by atoms with E-state index < -0.39 is 0 Å². The van der Waals surface area contributed by atoms with E-state index in [4.69, 9.17) is 17.3 Å². The molecule has 1 amide bonds. The standard InChI is InChI=1S/C9H10ClNOS/c1-6(9(11)12)13-8-4-2-7(10)3-5-8/h2-6H,1H3,(H2,11,12)/t6-/m0/s1. The number of nitrogens with two attached hydrogens (primary N) is 1. The Morgan fingerprint density at radius 2 is 2.00 bits per heavy atom. The number of amides is 1. The second kappa shape index (κ2) is 4.53. The Morgan fingerprint density at radius 3 is 2.46 bits per heavy atom. The molecule has 0 radical (unpaired) electrons. The van der Waals surface area contributed by atoms with E-state index in [2.05, 4.69) is 0 Å². The molecule has 1 rings (SSSR count). The summed E-state index contributed by atoms with van der Waals surface area (Å²) in [6, 6.07) is 7.31. The smallest absolute Gasteiger partial charge is 0.230 e. The van der Waals surface area contributed by atoms with Crippen LogP contribution in [0.4, 0.5) is 0 Å². The summed E-state index contributed by atoms with van der Waals surface area (Å²) in [6.45, 7) is 1.78. The van der Waals surface area contributed by atoms with Crippen molar-refractivity contribution in [1.82, 2.24) is 0 Å². The van der Waals surface area contributed by atoms with Gasteiger partial charge in [0.15, 0.2) is 0 Å². The number of benzene rings is 1. The number of hydrogen-bond acceptors (Lipinski definition) is 2. The lowest BCUT2D eigenvalue weighted by Gasteiger charge is -2.06. The summed E-state index contributed by atoms with van der Waals surface area (Å²) in [5, 5.41) is 0.484. The molecule has 1 atom stereocenters. The highest BCUT2D eigenvalue weighted by Gasteiger charge is 2.09. The van der Waals surface area contributed by atoms with E-state index in [0.717, 1.165) is 4.90 Å². The average molecular weight is 216 g/mol. The van der Waals surface area contributed by atoms with Gasteiger partial charge in [0.2, 0.25) is 5.91 Å². The van der Waals surface area contributed by atoms with Crippen LogP contribution in [0.5, 0.6) is 0 Å². The number of thioether (sulfide) groups is 1. The predicted octanol–water partition coefficient (Wildman–Crippen LogP) is 2.31. The minimum absolute atomic E-state index is 0.207. The minimum atomic E-state index is -0.306. The van der Waals surface area contributed by atoms with Crippen LogP contribution in [0.15, 0.2) is 29.2 Å². The summed E-state index contributed by atoms with van der Waals surface area (Å²) < 4.78 is 0. The van der Waals surface area contributed by atoms with Gasteiger partial charge in [0.05, 0.1) is 5.25 Å². The molecule has 1 aromatic rings. The van der Waals surface area contributed by atoms with Crippen LogP contribution >= 0.6 is 23.4 Å². The molecule has 1 aromatic carbocycles. The molecule has 0 aliphatic rings. The van der Waals surface area contributed by atoms with E-state index in [-0.39, 0.29) is 11.2 Å². The fourth-order valence-corrected chi connectivity index (χ4v) is 1.72. The third kappa shape index (κ3) is 3.28. The van der Waals surface area contributed by atoms with Crippen molar-refractivity contribution >= 4 is 29.3 Å². The van der Waals surface area contributed by atoms with E-state index in [1.165, 1.54) is 11.8 Å². The van der Waals surface area contributed by atoms with Gasteiger partial charge in [-0.3, -0.25) is 4.79 Å². The molecule has 4 heteroatoms. The van der Waals surface area contributed by atoms with Crippen molar-refractivity contribution < 1.29 is 4.79 Å². The van der Waals surface area contributed by atoms with Crippen LogP contribution in [-0.4, -0.2) is 11.2 Å². The first-order valence-electron chi connectivity index (χ1n) is 3.81. The summed E-state index contributed by atoms with van der Waals surface area (Å²) in [7, 11) is 0. The first kappa shape index (κ1) is 10.4. The Balaban J connectivity index is 2.64. The number of hydrogen-bond donors (Lipinski definition) is 1. The van der Waals surface area contributed by atoms with Crippen LogP contribution in [0.2, 0.25) is 5.02 Å². The number of rotatable bonds is 3. The van der Waals surface area contributed by atoms with E-state index >= 15 is 0 Å². The monoisotopic (exact) mass is 215 g/mol. The maximum atomic E-state index is 10.7.